The predicted octanol–water partition coefficient (Wildman–Crippen LogP) is 4.33. The molecular formula is C20H18N4O2. The zero-order chi connectivity index (χ0) is 18.1. The van der Waals surface area contributed by atoms with Gasteiger partial charge in [-0.15, -0.1) is 0 Å². The van der Waals surface area contributed by atoms with Crippen molar-refractivity contribution in [3.8, 4) is 6.07 Å². The molecule has 130 valence electrons. The van der Waals surface area contributed by atoms with Crippen LogP contribution in [0, 0.1) is 21.4 Å². The topological polar surface area (TPSA) is 86.0 Å². The molecule has 0 radical (unpaired) electrons. The number of piperidine rings is 1. The summed E-state index contributed by atoms with van der Waals surface area (Å²) in [5, 5.41) is 21.7. The Labute approximate surface area is 150 Å². The maximum Gasteiger partial charge on any atom is 0.292 e. The van der Waals surface area contributed by atoms with Gasteiger partial charge in [-0.1, -0.05) is 18.2 Å². The molecule has 1 aliphatic rings. The van der Waals surface area contributed by atoms with Gasteiger partial charge >= 0.3 is 0 Å². The first kappa shape index (κ1) is 16.2. The van der Waals surface area contributed by atoms with E-state index in [1.807, 2.05) is 17.0 Å². The Morgan fingerprint density at radius 3 is 2.69 bits per heavy atom. The molecule has 6 heteroatoms. The number of nitro groups is 1. The Morgan fingerprint density at radius 2 is 1.96 bits per heavy atom. The van der Waals surface area contributed by atoms with Crippen LogP contribution in [0.1, 0.15) is 29.9 Å². The Hall–Kier alpha value is -3.33. The number of nitro benzene ring substituents is 1. The number of hydrogen-bond donors (Lipinski definition) is 1. The fraction of sp³-hybridized carbons (Fsp3) is 0.250. The molecule has 1 N–H and O–H groups in total. The normalized spacial score (nSPS) is 15.1. The first-order valence-corrected chi connectivity index (χ1v) is 8.67. The van der Waals surface area contributed by atoms with Gasteiger partial charge in [-0.05, 0) is 42.5 Å². The molecule has 1 aromatic heterocycles. The van der Waals surface area contributed by atoms with E-state index in [1.54, 1.807) is 6.07 Å². The summed E-state index contributed by atoms with van der Waals surface area (Å²) in [4.78, 5) is 16.3. The number of nitriles is 1. The molecule has 0 unspecified atom stereocenters. The summed E-state index contributed by atoms with van der Waals surface area (Å²) in [6, 6.07) is 14.9. The summed E-state index contributed by atoms with van der Waals surface area (Å²) in [7, 11) is 0. The van der Waals surface area contributed by atoms with Crippen molar-refractivity contribution in [1.82, 2.24) is 4.98 Å². The van der Waals surface area contributed by atoms with Crippen molar-refractivity contribution in [2.45, 2.75) is 18.8 Å². The maximum absolute atomic E-state index is 11.4. The number of nitrogens with zero attached hydrogens (tertiary/aromatic N) is 3. The predicted molar refractivity (Wildman–Crippen MR) is 100 cm³/mol. The zero-order valence-electron chi connectivity index (χ0n) is 14.2. The lowest BCUT2D eigenvalue weighted by Gasteiger charge is -2.33. The summed E-state index contributed by atoms with van der Waals surface area (Å²) in [6.07, 6.45) is 3.94. The van der Waals surface area contributed by atoms with Crippen LogP contribution in [0.5, 0.6) is 0 Å². The van der Waals surface area contributed by atoms with Gasteiger partial charge in [0.1, 0.15) is 5.69 Å². The van der Waals surface area contributed by atoms with Crippen LogP contribution >= 0.6 is 0 Å². The largest absolute Gasteiger partial charge is 0.366 e. The van der Waals surface area contributed by atoms with Gasteiger partial charge in [-0.2, -0.15) is 5.26 Å². The van der Waals surface area contributed by atoms with Crippen LogP contribution in [0.25, 0.3) is 10.9 Å². The third-order valence-corrected chi connectivity index (χ3v) is 5.20. The fourth-order valence-electron chi connectivity index (χ4n) is 3.86. The van der Waals surface area contributed by atoms with Crippen molar-refractivity contribution in [3.63, 3.8) is 0 Å². The molecule has 0 spiro atoms. The number of anilines is 1. The third kappa shape index (κ3) is 2.78. The van der Waals surface area contributed by atoms with Gasteiger partial charge in [0.25, 0.3) is 5.69 Å². The number of nitrogens with one attached hydrogen (secondary N) is 1. The van der Waals surface area contributed by atoms with Crippen LogP contribution in [-0.4, -0.2) is 23.0 Å². The van der Waals surface area contributed by atoms with Crippen molar-refractivity contribution >= 4 is 22.3 Å². The molecule has 0 saturated carbocycles. The van der Waals surface area contributed by atoms with Crippen LogP contribution in [-0.2, 0) is 0 Å². The van der Waals surface area contributed by atoms with Crippen molar-refractivity contribution < 1.29 is 4.92 Å². The highest BCUT2D eigenvalue weighted by Gasteiger charge is 2.27. The molecular weight excluding hydrogens is 328 g/mol. The third-order valence-electron chi connectivity index (χ3n) is 5.20. The smallest absolute Gasteiger partial charge is 0.292 e. The van der Waals surface area contributed by atoms with Gasteiger partial charge < -0.3 is 9.88 Å². The first-order valence-electron chi connectivity index (χ1n) is 8.67. The molecule has 0 amide bonds. The molecule has 6 nitrogen and oxygen atoms in total. The zero-order valence-corrected chi connectivity index (χ0v) is 14.2. The van der Waals surface area contributed by atoms with Crippen LogP contribution in [0.3, 0.4) is 0 Å². The monoisotopic (exact) mass is 346 g/mol. The number of fused-ring (bicyclic) bond motifs is 1. The molecule has 0 atom stereocenters. The maximum atomic E-state index is 11.4. The highest BCUT2D eigenvalue weighted by Crippen LogP contribution is 2.37. The van der Waals surface area contributed by atoms with Gasteiger partial charge in [0.05, 0.1) is 16.6 Å². The van der Waals surface area contributed by atoms with Gasteiger partial charge in [-0.3, -0.25) is 10.1 Å². The van der Waals surface area contributed by atoms with Crippen molar-refractivity contribution in [1.29, 1.82) is 5.26 Å². The standard InChI is InChI=1S/C20H18N4O2/c21-12-14-5-6-19(24(25)26)20(11-14)23-9-7-15(8-10-23)17-13-22-18-4-2-1-3-16(17)18/h1-6,11,13,15,22H,7-10H2. The quantitative estimate of drug-likeness (QED) is 0.565. The van der Waals surface area contributed by atoms with E-state index in [2.05, 4.69) is 29.4 Å². The van der Waals surface area contributed by atoms with E-state index in [1.165, 1.54) is 23.1 Å². The van der Waals surface area contributed by atoms with E-state index in [4.69, 9.17) is 5.26 Å². The summed E-state index contributed by atoms with van der Waals surface area (Å²) in [5.74, 6) is 0.431. The summed E-state index contributed by atoms with van der Waals surface area (Å²) < 4.78 is 0. The van der Waals surface area contributed by atoms with Crippen LogP contribution in [0.15, 0.2) is 48.7 Å². The second kappa shape index (κ2) is 6.52. The molecule has 0 aliphatic carbocycles. The minimum Gasteiger partial charge on any atom is -0.366 e. The summed E-state index contributed by atoms with van der Waals surface area (Å²) in [6.45, 7) is 1.47. The minimum absolute atomic E-state index is 0.0644. The molecule has 2 heterocycles. The number of rotatable bonds is 3. The molecule has 3 aromatic rings. The second-order valence-corrected chi connectivity index (χ2v) is 6.62. The number of aromatic amines is 1. The van der Waals surface area contributed by atoms with Crippen molar-refractivity contribution in [3.05, 3.63) is 69.9 Å². The molecule has 1 aliphatic heterocycles. The molecule has 26 heavy (non-hydrogen) atoms. The Kier molecular flexibility index (Phi) is 4.05. The van der Waals surface area contributed by atoms with Crippen LogP contribution in [0.2, 0.25) is 0 Å². The van der Waals surface area contributed by atoms with Gasteiger partial charge in [0.2, 0.25) is 0 Å². The summed E-state index contributed by atoms with van der Waals surface area (Å²) in [5.41, 5.74) is 3.52. The Bertz CT molecular complexity index is 1010. The fourth-order valence-corrected chi connectivity index (χ4v) is 3.86. The van der Waals surface area contributed by atoms with E-state index in [9.17, 15) is 10.1 Å². The first-order chi connectivity index (χ1) is 12.7. The summed E-state index contributed by atoms with van der Waals surface area (Å²) >= 11 is 0. The Balaban J connectivity index is 1.57. The number of para-hydroxylation sites is 1. The van der Waals surface area contributed by atoms with E-state index in [0.29, 0.717) is 17.2 Å². The minimum atomic E-state index is -0.373. The average molecular weight is 346 g/mol. The number of hydrogen-bond acceptors (Lipinski definition) is 4. The average Bonchev–Trinajstić information content (AvgIpc) is 3.11. The second-order valence-electron chi connectivity index (χ2n) is 6.62. The molecule has 1 saturated heterocycles. The van der Waals surface area contributed by atoms with E-state index in [-0.39, 0.29) is 10.6 Å². The lowest BCUT2D eigenvalue weighted by atomic mass is 9.89. The van der Waals surface area contributed by atoms with Gasteiger partial charge in [-0.25, -0.2) is 0 Å². The lowest BCUT2D eigenvalue weighted by Crippen LogP contribution is -2.33. The van der Waals surface area contributed by atoms with E-state index in [0.717, 1.165) is 31.4 Å². The molecule has 2 aromatic carbocycles. The molecule has 1 fully saturated rings. The lowest BCUT2D eigenvalue weighted by molar-refractivity contribution is -0.384. The number of benzene rings is 2. The highest BCUT2D eigenvalue weighted by atomic mass is 16.6. The van der Waals surface area contributed by atoms with Crippen molar-refractivity contribution in [2.75, 3.05) is 18.0 Å². The van der Waals surface area contributed by atoms with Crippen LogP contribution in [0.4, 0.5) is 11.4 Å². The Morgan fingerprint density at radius 1 is 1.19 bits per heavy atom. The highest BCUT2D eigenvalue weighted by molar-refractivity contribution is 5.83. The van der Waals surface area contributed by atoms with Gasteiger partial charge in [0.15, 0.2) is 0 Å². The van der Waals surface area contributed by atoms with E-state index >= 15 is 0 Å². The van der Waals surface area contributed by atoms with Gasteiger partial charge in [0, 0.05) is 36.3 Å². The number of H-pyrrole nitrogens is 1. The van der Waals surface area contributed by atoms with E-state index < -0.39 is 0 Å². The molecule has 0 bridgehead atoms. The number of aromatic nitrogens is 1. The van der Waals surface area contributed by atoms with Crippen molar-refractivity contribution in [2.24, 2.45) is 0 Å². The molecule has 4 rings (SSSR count). The SMILES string of the molecule is N#Cc1ccc([N+](=O)[O-])c(N2CCC(c3c[nH]c4ccccc34)CC2)c1. The van der Waals surface area contributed by atoms with Crippen LogP contribution < -0.4 is 4.90 Å².